The van der Waals surface area contributed by atoms with Crippen LogP contribution in [0, 0.1) is 0 Å². The van der Waals surface area contributed by atoms with Crippen molar-refractivity contribution in [1.82, 2.24) is 0 Å². The number of hydrogen-bond donors (Lipinski definition) is 1. The fourth-order valence-corrected chi connectivity index (χ4v) is 8.20. The zero-order chi connectivity index (χ0) is 48.3. The number of rotatable bonds is 24. The number of aliphatic hydroxyl groups is 1. The molecule has 6 nitrogen and oxygen atoms in total. The van der Waals surface area contributed by atoms with Gasteiger partial charge in [-0.3, -0.25) is 0 Å². The highest BCUT2D eigenvalue weighted by Crippen LogP contribution is 2.36. The minimum Gasteiger partial charge on any atom is -0.491 e. The summed E-state index contributed by atoms with van der Waals surface area (Å²) < 4.78 is 29.2. The lowest BCUT2D eigenvalue weighted by atomic mass is 9.88. The molecule has 0 spiro atoms. The second kappa shape index (κ2) is 28.9. The van der Waals surface area contributed by atoms with Crippen molar-refractivity contribution in [2.75, 3.05) is 46.2 Å². The Morgan fingerprint density at radius 3 is 1.10 bits per heavy atom. The zero-order valence-electron chi connectivity index (χ0n) is 40.2. The average molecular weight is 929 g/mol. The van der Waals surface area contributed by atoms with E-state index in [-0.39, 0.29) is 6.61 Å². The summed E-state index contributed by atoms with van der Waals surface area (Å²) in [6, 6.07) is 79.1. The maximum atomic E-state index is 8.92. The van der Waals surface area contributed by atoms with E-state index < -0.39 is 0 Å². The Bertz CT molecular complexity index is 2720. The van der Waals surface area contributed by atoms with Gasteiger partial charge in [0.2, 0.25) is 0 Å². The van der Waals surface area contributed by atoms with Gasteiger partial charge < -0.3 is 28.8 Å². The van der Waals surface area contributed by atoms with Crippen LogP contribution in [-0.2, 0) is 27.4 Å². The Morgan fingerprint density at radius 1 is 0.329 bits per heavy atom. The molecule has 0 amide bonds. The third-order valence-electron chi connectivity index (χ3n) is 11.6. The summed E-state index contributed by atoms with van der Waals surface area (Å²) in [5.41, 5.74) is 14.4. The molecule has 70 heavy (non-hydrogen) atoms. The number of hydrogen-bond acceptors (Lipinski definition) is 6. The highest BCUT2D eigenvalue weighted by atomic mass is 16.5. The van der Waals surface area contributed by atoms with Gasteiger partial charge in [-0.1, -0.05) is 213 Å². The van der Waals surface area contributed by atoms with Crippen molar-refractivity contribution in [3.63, 3.8) is 0 Å². The number of aliphatic hydroxyl groups excluding tert-OH is 1. The van der Waals surface area contributed by atoms with Gasteiger partial charge in [-0.15, -0.1) is 0 Å². The molecule has 0 fully saturated rings. The van der Waals surface area contributed by atoms with Crippen LogP contribution in [0.2, 0.25) is 0 Å². The largest absolute Gasteiger partial charge is 0.491 e. The quantitative estimate of drug-likeness (QED) is 0.0481. The van der Waals surface area contributed by atoms with Gasteiger partial charge in [-0.05, 0) is 104 Å². The molecule has 0 atom stereocenters. The van der Waals surface area contributed by atoms with Crippen LogP contribution in [0.3, 0.4) is 0 Å². The Kier molecular flexibility index (Phi) is 20.9. The van der Waals surface area contributed by atoms with Crippen LogP contribution in [0.4, 0.5) is 0 Å². The zero-order valence-corrected chi connectivity index (χ0v) is 40.2. The highest BCUT2D eigenvalue weighted by Gasteiger charge is 2.16. The normalized spacial score (nSPS) is 11.7. The van der Waals surface area contributed by atoms with Gasteiger partial charge in [0.05, 0.1) is 46.2 Å². The lowest BCUT2D eigenvalue weighted by Crippen LogP contribution is -2.07. The van der Waals surface area contributed by atoms with Crippen LogP contribution < -0.4 is 9.47 Å². The number of benzene rings is 8. The maximum Gasteiger partial charge on any atom is 0.119 e. The molecule has 356 valence electrons. The Hall–Kier alpha value is -7.32. The first-order valence-electron chi connectivity index (χ1n) is 24.3. The maximum absolute atomic E-state index is 8.92. The molecule has 8 rings (SSSR count). The number of ether oxygens (including phenoxy) is 5. The van der Waals surface area contributed by atoms with Crippen molar-refractivity contribution < 1.29 is 28.8 Å². The Labute approximate surface area is 415 Å². The molecule has 6 heteroatoms. The molecule has 0 aliphatic rings. The van der Waals surface area contributed by atoms with Crippen molar-refractivity contribution in [3.05, 3.63) is 275 Å². The van der Waals surface area contributed by atoms with E-state index in [2.05, 4.69) is 165 Å². The molecule has 0 radical (unpaired) electrons. The third kappa shape index (κ3) is 15.9. The molecular formula is C64H64O6. The van der Waals surface area contributed by atoms with Crippen LogP contribution in [0.5, 0.6) is 11.5 Å². The standard InChI is InChI=1S/C40H40O4.C24H24O2/c1-5-13-33(14-6-1)31-42-28-27-41-26-25-39(35-17-9-3-10-18-35)40(36-19-11-4-12-20-36)37-21-23-38(24-22-37)44-30-29-43-32-34-15-7-2-8-16-34;1-2-23(19-9-5-3-6-10-19)24(20-11-7-4-8-12-20)21-13-15-22(16-14-21)26-18-17-25/h1-24H,25-32H2;3-16,25H,2,17-18H2,1H3/b40-39-;24-23-. The van der Waals surface area contributed by atoms with E-state index in [4.69, 9.17) is 28.8 Å². The Balaban J connectivity index is 0.000000236. The van der Waals surface area contributed by atoms with Gasteiger partial charge in [0, 0.05) is 0 Å². The second-order valence-electron chi connectivity index (χ2n) is 16.4. The fourth-order valence-electron chi connectivity index (χ4n) is 8.20. The van der Waals surface area contributed by atoms with Gasteiger partial charge in [-0.2, -0.15) is 0 Å². The molecule has 0 aromatic heterocycles. The first kappa shape index (κ1) is 50.6. The second-order valence-corrected chi connectivity index (χ2v) is 16.4. The van der Waals surface area contributed by atoms with Crippen molar-refractivity contribution in [2.45, 2.75) is 33.0 Å². The Morgan fingerprint density at radius 2 is 0.671 bits per heavy atom. The van der Waals surface area contributed by atoms with Crippen LogP contribution in [0.25, 0.3) is 22.3 Å². The van der Waals surface area contributed by atoms with Gasteiger partial charge in [0.15, 0.2) is 0 Å². The van der Waals surface area contributed by atoms with Gasteiger partial charge in [0.1, 0.15) is 24.7 Å². The van der Waals surface area contributed by atoms with Gasteiger partial charge in [-0.25, -0.2) is 0 Å². The SMILES string of the molecule is CC/C(=C(\c1ccccc1)c1ccc(OCCO)cc1)c1ccccc1.c1ccc(COCCOCC/C(=C(\c2ccccc2)c2ccc(OCCOCc3ccccc3)cc2)c2ccccc2)cc1. The van der Waals surface area contributed by atoms with Crippen molar-refractivity contribution >= 4 is 22.3 Å². The van der Waals surface area contributed by atoms with Crippen molar-refractivity contribution in [1.29, 1.82) is 0 Å². The van der Waals surface area contributed by atoms with Crippen LogP contribution in [0.15, 0.2) is 231 Å². The summed E-state index contributed by atoms with van der Waals surface area (Å²) in [4.78, 5) is 0. The van der Waals surface area contributed by atoms with E-state index in [0.29, 0.717) is 52.9 Å². The molecule has 0 saturated carbocycles. The summed E-state index contributed by atoms with van der Waals surface area (Å²) in [7, 11) is 0. The lowest BCUT2D eigenvalue weighted by Gasteiger charge is -2.18. The van der Waals surface area contributed by atoms with E-state index in [1.807, 2.05) is 72.8 Å². The summed E-state index contributed by atoms with van der Waals surface area (Å²) in [6.45, 7) is 6.44. The molecule has 0 aliphatic carbocycles. The summed E-state index contributed by atoms with van der Waals surface area (Å²) in [6.07, 6.45) is 1.71. The molecule has 8 aromatic rings. The minimum atomic E-state index is 0.0188. The number of allylic oxidation sites excluding steroid dienone is 1. The highest BCUT2D eigenvalue weighted by molar-refractivity contribution is 5.99. The molecule has 0 bridgehead atoms. The van der Waals surface area contributed by atoms with Crippen molar-refractivity contribution in [2.24, 2.45) is 0 Å². The van der Waals surface area contributed by atoms with Gasteiger partial charge in [0.25, 0.3) is 0 Å². The molecule has 0 aliphatic heterocycles. The monoisotopic (exact) mass is 928 g/mol. The van der Waals surface area contributed by atoms with E-state index in [9.17, 15) is 0 Å². The predicted octanol–water partition coefficient (Wildman–Crippen LogP) is 14.3. The van der Waals surface area contributed by atoms with Crippen molar-refractivity contribution in [3.8, 4) is 11.5 Å². The van der Waals surface area contributed by atoms with Crippen LogP contribution in [0.1, 0.15) is 64.3 Å². The summed E-state index contributed by atoms with van der Waals surface area (Å²) in [5.74, 6) is 1.59. The predicted molar refractivity (Wildman–Crippen MR) is 286 cm³/mol. The fraction of sp³-hybridized carbons (Fsp3) is 0.188. The minimum absolute atomic E-state index is 0.0188. The molecule has 0 unspecified atom stereocenters. The smallest absolute Gasteiger partial charge is 0.119 e. The first-order valence-corrected chi connectivity index (χ1v) is 24.3. The summed E-state index contributed by atoms with van der Waals surface area (Å²) in [5, 5.41) is 8.92. The molecule has 0 heterocycles. The van der Waals surface area contributed by atoms with Crippen LogP contribution >= 0.6 is 0 Å². The first-order chi connectivity index (χ1) is 34.7. The lowest BCUT2D eigenvalue weighted by molar-refractivity contribution is 0.0426. The van der Waals surface area contributed by atoms with Gasteiger partial charge >= 0.3 is 0 Å². The third-order valence-corrected chi connectivity index (χ3v) is 11.6. The molecular weight excluding hydrogens is 865 g/mol. The molecule has 8 aromatic carbocycles. The van der Waals surface area contributed by atoms with Crippen LogP contribution in [-0.4, -0.2) is 51.4 Å². The van der Waals surface area contributed by atoms with E-state index in [1.165, 1.54) is 50.1 Å². The van der Waals surface area contributed by atoms with E-state index in [0.717, 1.165) is 41.0 Å². The molecule has 0 saturated heterocycles. The summed E-state index contributed by atoms with van der Waals surface area (Å²) >= 11 is 0. The topological polar surface area (TPSA) is 66.4 Å². The van der Waals surface area contributed by atoms with E-state index in [1.54, 1.807) is 0 Å². The average Bonchev–Trinajstić information content (AvgIpc) is 3.43. The molecule has 1 N–H and O–H groups in total. The van der Waals surface area contributed by atoms with E-state index >= 15 is 0 Å².